The van der Waals surface area contributed by atoms with Gasteiger partial charge in [0.2, 0.25) is 0 Å². The summed E-state index contributed by atoms with van der Waals surface area (Å²) >= 11 is 0. The Bertz CT molecular complexity index is 114. The summed E-state index contributed by atoms with van der Waals surface area (Å²) in [6, 6.07) is 0. The predicted molar refractivity (Wildman–Crippen MR) is 47.1 cm³/mol. The summed E-state index contributed by atoms with van der Waals surface area (Å²) in [5.74, 6) is 0. The topological polar surface area (TPSA) is 29.1 Å². The van der Waals surface area contributed by atoms with Crippen molar-refractivity contribution in [1.82, 2.24) is 5.32 Å². The first kappa shape index (κ1) is 10.5. The van der Waals surface area contributed by atoms with Crippen molar-refractivity contribution >= 4 is 6.41 Å². The second-order valence-electron chi connectivity index (χ2n) is 3.24. The summed E-state index contributed by atoms with van der Waals surface area (Å²) in [4.78, 5) is 10.1. The van der Waals surface area contributed by atoms with Gasteiger partial charge in [-0.15, -0.1) is 0 Å². The summed E-state index contributed by atoms with van der Waals surface area (Å²) in [6.45, 7) is 6.30. The van der Waals surface area contributed by atoms with Crippen molar-refractivity contribution in [2.24, 2.45) is 0 Å². The van der Waals surface area contributed by atoms with Gasteiger partial charge in [-0.2, -0.15) is 0 Å². The molecule has 0 aliphatic heterocycles. The molecule has 0 aliphatic carbocycles. The average molecular weight is 156 g/mol. The highest BCUT2D eigenvalue weighted by atomic mass is 16.1. The van der Waals surface area contributed by atoms with Gasteiger partial charge in [0.15, 0.2) is 0 Å². The fourth-order valence-electron chi connectivity index (χ4n) is 1.02. The normalized spacial score (nSPS) is 15.5. The van der Waals surface area contributed by atoms with E-state index in [9.17, 15) is 4.79 Å². The molecule has 0 rings (SSSR count). The van der Waals surface area contributed by atoms with Gasteiger partial charge in [-0.05, 0) is 19.8 Å². The van der Waals surface area contributed by atoms with Gasteiger partial charge in [-0.3, -0.25) is 4.79 Å². The molecule has 2 heteroatoms. The van der Waals surface area contributed by atoms with Crippen molar-refractivity contribution in [2.75, 3.05) is 0 Å². The Morgan fingerprint density at radius 3 is 2.45 bits per heavy atom. The zero-order chi connectivity index (χ0) is 8.74. The van der Waals surface area contributed by atoms with E-state index in [1.54, 1.807) is 6.41 Å². The molecule has 0 spiro atoms. The molecule has 0 aromatic heterocycles. The van der Waals surface area contributed by atoms with Gasteiger partial charge in [0, 0.05) is 5.54 Å². The molecule has 2 nitrogen and oxygen atoms in total. The highest BCUT2D eigenvalue weighted by molar-refractivity contribution is 5.48. The molecule has 65 valence electrons. The van der Waals surface area contributed by atoms with Crippen LogP contribution in [-0.4, -0.2) is 11.9 Å². The van der Waals surface area contributed by atoms with Gasteiger partial charge < -0.3 is 5.32 Å². The Hall–Kier alpha value is -0.530. The van der Waals surface area contributed by atoms with E-state index in [0.29, 0.717) is 0 Å². The van der Waals surface area contributed by atoms with E-state index in [1.165, 1.54) is 12.8 Å². The third-order valence-electron chi connectivity index (χ3n) is 2.22. The van der Waals surface area contributed by atoms with Crippen LogP contribution in [0.15, 0.2) is 0 Å². The van der Waals surface area contributed by atoms with Gasteiger partial charge in [0.05, 0.1) is 0 Å². The molecular formula is C9H18NO. The molecule has 0 saturated carbocycles. The monoisotopic (exact) mass is 156 g/mol. The summed E-state index contributed by atoms with van der Waals surface area (Å²) in [6.07, 6.45) is 6.14. The van der Waals surface area contributed by atoms with E-state index in [2.05, 4.69) is 26.1 Å². The molecule has 0 aromatic rings. The third kappa shape index (κ3) is 4.02. The minimum atomic E-state index is -0.0300. The molecule has 1 amide bonds. The number of amides is 1. The first-order chi connectivity index (χ1) is 5.18. The molecule has 1 radical (unpaired) electrons. The number of nitrogens with one attached hydrogen (secondary N) is 1. The lowest BCUT2D eigenvalue weighted by Gasteiger charge is -2.26. The lowest BCUT2D eigenvalue weighted by Crippen LogP contribution is -2.40. The molecule has 1 unspecified atom stereocenters. The highest BCUT2D eigenvalue weighted by Crippen LogP contribution is 2.16. The van der Waals surface area contributed by atoms with Crippen LogP contribution in [0.3, 0.4) is 0 Å². The van der Waals surface area contributed by atoms with Crippen LogP contribution in [0.1, 0.15) is 46.5 Å². The fraction of sp³-hybridized carbons (Fsp3) is 0.889. The molecule has 1 N–H and O–H groups in total. The average Bonchev–Trinajstić information content (AvgIpc) is 2.02. The predicted octanol–water partition coefficient (Wildman–Crippen LogP) is 2.00. The molecule has 0 aliphatic rings. The van der Waals surface area contributed by atoms with Crippen molar-refractivity contribution in [3.8, 4) is 0 Å². The smallest absolute Gasteiger partial charge is 0.309 e. The van der Waals surface area contributed by atoms with Crippen LogP contribution in [0.2, 0.25) is 0 Å². The Labute approximate surface area is 69.4 Å². The first-order valence-corrected chi connectivity index (χ1v) is 4.33. The van der Waals surface area contributed by atoms with Crippen LogP contribution < -0.4 is 5.32 Å². The maximum Gasteiger partial charge on any atom is 0.309 e. The molecule has 0 bridgehead atoms. The van der Waals surface area contributed by atoms with Crippen LogP contribution in [-0.2, 0) is 4.79 Å². The number of rotatable bonds is 6. The van der Waals surface area contributed by atoms with E-state index in [0.717, 1.165) is 12.8 Å². The van der Waals surface area contributed by atoms with Crippen LogP contribution in [0.5, 0.6) is 0 Å². The van der Waals surface area contributed by atoms with Crippen LogP contribution >= 0.6 is 0 Å². The Morgan fingerprint density at radius 1 is 1.45 bits per heavy atom. The van der Waals surface area contributed by atoms with E-state index < -0.39 is 0 Å². The van der Waals surface area contributed by atoms with Crippen molar-refractivity contribution in [2.45, 2.75) is 52.0 Å². The lowest BCUT2D eigenvalue weighted by molar-refractivity contribution is 0.351. The van der Waals surface area contributed by atoms with E-state index in [1.807, 2.05) is 0 Å². The molecular weight excluding hydrogens is 138 g/mol. The molecule has 0 aromatic carbocycles. The SMILES string of the molecule is CCCCC(C)(CC)N[C]=O. The summed E-state index contributed by atoms with van der Waals surface area (Å²) in [5, 5.41) is 2.74. The highest BCUT2D eigenvalue weighted by Gasteiger charge is 2.19. The second-order valence-corrected chi connectivity index (χ2v) is 3.24. The molecule has 0 heterocycles. The van der Waals surface area contributed by atoms with Crippen molar-refractivity contribution < 1.29 is 4.79 Å². The second kappa shape index (κ2) is 5.16. The van der Waals surface area contributed by atoms with Crippen molar-refractivity contribution in [1.29, 1.82) is 0 Å². The first-order valence-electron chi connectivity index (χ1n) is 4.33. The zero-order valence-corrected chi connectivity index (χ0v) is 7.74. The van der Waals surface area contributed by atoms with Crippen LogP contribution in [0.4, 0.5) is 0 Å². The maximum atomic E-state index is 10.1. The van der Waals surface area contributed by atoms with Crippen molar-refractivity contribution in [3.63, 3.8) is 0 Å². The molecule has 0 fully saturated rings. The van der Waals surface area contributed by atoms with E-state index in [4.69, 9.17) is 0 Å². The van der Waals surface area contributed by atoms with Crippen molar-refractivity contribution in [3.05, 3.63) is 0 Å². The number of hydrogen-bond donors (Lipinski definition) is 1. The lowest BCUT2D eigenvalue weighted by atomic mass is 9.92. The summed E-state index contributed by atoms with van der Waals surface area (Å²) in [7, 11) is 0. The maximum absolute atomic E-state index is 10.1. The standard InChI is InChI=1S/C9H18NO/c1-4-6-7-9(3,5-2)10-8-11/h4-7H2,1-3H3,(H,10,11). The van der Waals surface area contributed by atoms with Gasteiger partial charge in [0.1, 0.15) is 0 Å². The molecule has 11 heavy (non-hydrogen) atoms. The number of hydrogen-bond acceptors (Lipinski definition) is 1. The van der Waals surface area contributed by atoms with E-state index >= 15 is 0 Å². The Morgan fingerprint density at radius 2 is 2.09 bits per heavy atom. The minimum Gasteiger partial charge on any atom is -0.343 e. The Balaban J connectivity index is 3.77. The number of carbonyl (C=O) groups excluding carboxylic acids is 1. The number of unbranched alkanes of at least 4 members (excludes halogenated alkanes) is 1. The zero-order valence-electron chi connectivity index (χ0n) is 7.74. The van der Waals surface area contributed by atoms with Crippen LogP contribution in [0, 0.1) is 0 Å². The fourth-order valence-corrected chi connectivity index (χ4v) is 1.02. The Kier molecular flexibility index (Phi) is 4.92. The van der Waals surface area contributed by atoms with Crippen LogP contribution in [0.25, 0.3) is 0 Å². The van der Waals surface area contributed by atoms with Gasteiger partial charge in [-0.25, -0.2) is 0 Å². The van der Waals surface area contributed by atoms with E-state index in [-0.39, 0.29) is 5.54 Å². The summed E-state index contributed by atoms with van der Waals surface area (Å²) < 4.78 is 0. The van der Waals surface area contributed by atoms with Gasteiger partial charge >= 0.3 is 6.41 Å². The third-order valence-corrected chi connectivity index (χ3v) is 2.22. The largest absolute Gasteiger partial charge is 0.343 e. The van der Waals surface area contributed by atoms with Gasteiger partial charge in [-0.1, -0.05) is 26.7 Å². The minimum absolute atomic E-state index is 0.0300. The summed E-state index contributed by atoms with van der Waals surface area (Å²) in [5.41, 5.74) is -0.0300. The molecule has 0 saturated heterocycles. The van der Waals surface area contributed by atoms with Gasteiger partial charge in [0.25, 0.3) is 0 Å². The molecule has 1 atom stereocenters. The quantitative estimate of drug-likeness (QED) is 0.585.